The van der Waals surface area contributed by atoms with Crippen molar-refractivity contribution in [1.82, 2.24) is 0 Å². The molecule has 0 aliphatic carbocycles. The third-order valence-electron chi connectivity index (χ3n) is 2.15. The quantitative estimate of drug-likeness (QED) is 0.580. The fourth-order valence-electron chi connectivity index (χ4n) is 1.04. The molecule has 14 heavy (non-hydrogen) atoms. The first-order chi connectivity index (χ1) is 6.60. The van der Waals surface area contributed by atoms with E-state index in [1.54, 1.807) is 0 Å². The largest absolute Gasteiger partial charge is 0.0897 e. The van der Waals surface area contributed by atoms with Crippen molar-refractivity contribution in [3.8, 4) is 0 Å². The summed E-state index contributed by atoms with van der Waals surface area (Å²) in [7, 11) is 0. The van der Waals surface area contributed by atoms with E-state index in [4.69, 9.17) is 36.7 Å². The molecule has 0 saturated carbocycles. The van der Waals surface area contributed by atoms with Crippen LogP contribution in [0.3, 0.4) is 0 Å². The number of thiocarbonyl (C=S) groups is 3. The molecule has 0 nitrogen and oxygen atoms in total. The Morgan fingerprint density at radius 3 is 1.21 bits per heavy atom. The third-order valence-corrected chi connectivity index (χ3v) is 3.55. The van der Waals surface area contributed by atoms with Crippen molar-refractivity contribution in [1.29, 1.82) is 0 Å². The predicted molar refractivity (Wildman–Crippen MR) is 76.8 cm³/mol. The van der Waals surface area contributed by atoms with E-state index in [2.05, 4.69) is 13.8 Å². The molecule has 0 saturated heterocycles. The minimum absolute atomic E-state index is 0.967. The average Bonchev–Trinajstić information content (AvgIpc) is 2.22. The Balaban J connectivity index is 3.56. The fourth-order valence-corrected chi connectivity index (χ4v) is 1.44. The highest BCUT2D eigenvalue weighted by Crippen LogP contribution is 2.06. The molecular weight excluding hydrogens is 228 g/mol. The molecule has 0 aliphatic heterocycles. The maximum absolute atomic E-state index is 5.27. The lowest BCUT2D eigenvalue weighted by Crippen LogP contribution is -2.02. The molecule has 0 radical (unpaired) electrons. The molecule has 0 amide bonds. The van der Waals surface area contributed by atoms with Crippen molar-refractivity contribution < 1.29 is 0 Å². The van der Waals surface area contributed by atoms with Gasteiger partial charge in [-0.1, -0.05) is 50.5 Å². The molecule has 0 aromatic carbocycles. The van der Waals surface area contributed by atoms with Gasteiger partial charge in [0.15, 0.2) is 0 Å². The summed E-state index contributed by atoms with van der Waals surface area (Å²) < 4.78 is 0. The van der Waals surface area contributed by atoms with Crippen molar-refractivity contribution in [2.45, 2.75) is 52.4 Å². The van der Waals surface area contributed by atoms with Gasteiger partial charge in [-0.2, -0.15) is 0 Å². The smallest absolute Gasteiger partial charge is 0.00645 e. The van der Waals surface area contributed by atoms with Crippen LogP contribution in [-0.4, -0.2) is 14.6 Å². The lowest BCUT2D eigenvalue weighted by atomic mass is 10.1. The van der Waals surface area contributed by atoms with Crippen LogP contribution in [-0.2, 0) is 0 Å². The van der Waals surface area contributed by atoms with Gasteiger partial charge in [0, 0.05) is 0 Å². The van der Waals surface area contributed by atoms with E-state index in [-0.39, 0.29) is 0 Å². The fraction of sp³-hybridized carbons (Fsp3) is 0.727. The second-order valence-corrected chi connectivity index (χ2v) is 5.06. The SMILES string of the molecule is CCC(=S)CCC(=S)CCC(=S)CC. The van der Waals surface area contributed by atoms with E-state index in [1.807, 2.05) is 0 Å². The third kappa shape index (κ3) is 7.65. The summed E-state index contributed by atoms with van der Waals surface area (Å²) >= 11 is 15.6. The number of hydrogen-bond donors (Lipinski definition) is 0. The van der Waals surface area contributed by atoms with E-state index >= 15 is 0 Å². The summed E-state index contributed by atoms with van der Waals surface area (Å²) in [6.45, 7) is 4.19. The molecule has 3 heteroatoms. The average molecular weight is 246 g/mol. The second-order valence-electron chi connectivity index (χ2n) is 3.32. The molecule has 0 N–H and O–H groups in total. The Hall–Kier alpha value is 0.270. The lowest BCUT2D eigenvalue weighted by molar-refractivity contribution is 1.05. The van der Waals surface area contributed by atoms with Crippen molar-refractivity contribution >= 4 is 51.2 Å². The zero-order valence-electron chi connectivity index (χ0n) is 8.97. The van der Waals surface area contributed by atoms with Crippen LogP contribution >= 0.6 is 36.7 Å². The van der Waals surface area contributed by atoms with Crippen molar-refractivity contribution in [2.75, 3.05) is 0 Å². The first-order valence-electron chi connectivity index (χ1n) is 5.15. The normalized spacial score (nSPS) is 9.86. The second kappa shape index (κ2) is 8.57. The van der Waals surface area contributed by atoms with Gasteiger partial charge in [0.2, 0.25) is 0 Å². The van der Waals surface area contributed by atoms with Gasteiger partial charge in [-0.05, 0) is 53.1 Å². The highest BCUT2D eigenvalue weighted by molar-refractivity contribution is 7.81. The maximum Gasteiger partial charge on any atom is -0.00645 e. The number of rotatable bonds is 8. The lowest BCUT2D eigenvalue weighted by Gasteiger charge is -2.04. The maximum atomic E-state index is 5.27. The van der Waals surface area contributed by atoms with Gasteiger partial charge in [-0.15, -0.1) is 0 Å². The minimum atomic E-state index is 0.967. The highest BCUT2D eigenvalue weighted by atomic mass is 32.1. The van der Waals surface area contributed by atoms with Crippen molar-refractivity contribution in [2.24, 2.45) is 0 Å². The standard InChI is InChI=1S/C11H18S3/c1-3-9(12)5-7-11(14)8-6-10(13)4-2/h3-8H2,1-2H3. The van der Waals surface area contributed by atoms with E-state index in [9.17, 15) is 0 Å². The zero-order valence-corrected chi connectivity index (χ0v) is 11.4. The Morgan fingerprint density at radius 1 is 0.643 bits per heavy atom. The molecule has 0 fully saturated rings. The molecule has 0 aromatic heterocycles. The van der Waals surface area contributed by atoms with E-state index in [0.29, 0.717) is 0 Å². The summed E-state index contributed by atoms with van der Waals surface area (Å²) in [5.74, 6) is 0. The molecule has 0 unspecified atom stereocenters. The van der Waals surface area contributed by atoms with Crippen molar-refractivity contribution in [3.05, 3.63) is 0 Å². The van der Waals surface area contributed by atoms with Crippen molar-refractivity contribution in [3.63, 3.8) is 0 Å². The van der Waals surface area contributed by atoms with Gasteiger partial charge < -0.3 is 0 Å². The van der Waals surface area contributed by atoms with Gasteiger partial charge in [-0.3, -0.25) is 0 Å². The first-order valence-corrected chi connectivity index (χ1v) is 6.37. The Labute approximate surface area is 103 Å². The van der Waals surface area contributed by atoms with Crippen LogP contribution < -0.4 is 0 Å². The van der Waals surface area contributed by atoms with Crippen LogP contribution in [0.4, 0.5) is 0 Å². The van der Waals surface area contributed by atoms with Gasteiger partial charge in [0.1, 0.15) is 0 Å². The van der Waals surface area contributed by atoms with Gasteiger partial charge in [-0.25, -0.2) is 0 Å². The van der Waals surface area contributed by atoms with E-state index in [1.165, 1.54) is 0 Å². The van der Waals surface area contributed by atoms with Crippen LogP contribution in [0.2, 0.25) is 0 Å². The summed E-state index contributed by atoms with van der Waals surface area (Å²) in [5, 5.41) is 0. The topological polar surface area (TPSA) is 0 Å². The Bertz CT molecular complexity index is 197. The summed E-state index contributed by atoms with van der Waals surface area (Å²) in [6.07, 6.45) is 5.87. The molecular formula is C11H18S3. The van der Waals surface area contributed by atoms with E-state index < -0.39 is 0 Å². The molecule has 80 valence electrons. The van der Waals surface area contributed by atoms with Gasteiger partial charge >= 0.3 is 0 Å². The molecule has 0 aromatic rings. The summed E-state index contributed by atoms with van der Waals surface area (Å²) in [6, 6.07) is 0. The Kier molecular flexibility index (Phi) is 8.73. The van der Waals surface area contributed by atoms with E-state index in [0.717, 1.165) is 53.1 Å². The molecule has 0 spiro atoms. The minimum Gasteiger partial charge on any atom is -0.0897 e. The molecule has 0 rings (SSSR count). The highest BCUT2D eigenvalue weighted by Gasteiger charge is 2.01. The van der Waals surface area contributed by atoms with Crippen LogP contribution in [0.5, 0.6) is 0 Å². The van der Waals surface area contributed by atoms with Gasteiger partial charge in [0.25, 0.3) is 0 Å². The summed E-state index contributed by atoms with van der Waals surface area (Å²) in [4.78, 5) is 3.38. The molecule has 0 atom stereocenters. The zero-order chi connectivity index (χ0) is 11.0. The molecule has 0 heterocycles. The van der Waals surface area contributed by atoms with Crippen LogP contribution in [0.25, 0.3) is 0 Å². The summed E-state index contributed by atoms with van der Waals surface area (Å²) in [5.41, 5.74) is 0. The van der Waals surface area contributed by atoms with Gasteiger partial charge in [0.05, 0.1) is 0 Å². The number of hydrogen-bond acceptors (Lipinski definition) is 3. The molecule has 0 bridgehead atoms. The first kappa shape index (κ1) is 14.3. The van der Waals surface area contributed by atoms with Crippen LogP contribution in [0.1, 0.15) is 52.4 Å². The van der Waals surface area contributed by atoms with Crippen LogP contribution in [0, 0.1) is 0 Å². The molecule has 0 aliphatic rings. The monoisotopic (exact) mass is 246 g/mol. The predicted octanol–water partition coefficient (Wildman–Crippen LogP) is 4.48. The van der Waals surface area contributed by atoms with Crippen LogP contribution in [0.15, 0.2) is 0 Å². The Morgan fingerprint density at radius 2 is 0.929 bits per heavy atom.